The van der Waals surface area contributed by atoms with E-state index in [9.17, 15) is 14.4 Å². The second-order valence-corrected chi connectivity index (χ2v) is 9.37. The van der Waals surface area contributed by atoms with Crippen LogP contribution in [0.5, 0.6) is 0 Å². The highest BCUT2D eigenvalue weighted by atomic mass is 35.5. The molecular weight excluding hydrogens is 484 g/mol. The van der Waals surface area contributed by atoms with Gasteiger partial charge in [0.1, 0.15) is 10.6 Å². The monoisotopic (exact) mass is 506 g/mol. The predicted molar refractivity (Wildman–Crippen MR) is 139 cm³/mol. The van der Waals surface area contributed by atoms with Crippen molar-refractivity contribution in [3.63, 3.8) is 0 Å². The molecule has 0 aromatic heterocycles. The number of nitrogens with one attached hydrogen (secondary N) is 1. The number of hydrogen-bond acceptors (Lipinski definition) is 6. The molecule has 2 amide bonds. The Hall–Kier alpha value is -3.55. The molecule has 3 aromatic carbocycles. The van der Waals surface area contributed by atoms with Crippen LogP contribution in [0.15, 0.2) is 82.2 Å². The summed E-state index contributed by atoms with van der Waals surface area (Å²) in [4.78, 5) is 41.6. The van der Waals surface area contributed by atoms with Crippen molar-refractivity contribution in [1.29, 1.82) is 0 Å². The molecule has 1 heterocycles. The Morgan fingerprint density at radius 3 is 2.43 bits per heavy atom. The van der Waals surface area contributed by atoms with Crippen LogP contribution in [-0.4, -0.2) is 24.4 Å². The van der Waals surface area contributed by atoms with Crippen molar-refractivity contribution in [3.8, 4) is 0 Å². The summed E-state index contributed by atoms with van der Waals surface area (Å²) in [5, 5.41) is 3.66. The number of hydrogen-bond donors (Lipinski definition) is 1. The third-order valence-corrected chi connectivity index (χ3v) is 6.88. The number of thioether (sulfide) groups is 1. The lowest BCUT2D eigenvalue weighted by molar-refractivity contribution is -0.120. The molecule has 178 valence electrons. The molecule has 0 aliphatic carbocycles. The lowest BCUT2D eigenvalue weighted by atomic mass is 10.1. The number of nitrogens with zero attached hydrogens (tertiary/aromatic N) is 1. The average molecular weight is 507 g/mol. The third kappa shape index (κ3) is 5.11. The van der Waals surface area contributed by atoms with Gasteiger partial charge >= 0.3 is 5.97 Å². The van der Waals surface area contributed by atoms with Crippen LogP contribution in [-0.2, 0) is 14.3 Å². The van der Waals surface area contributed by atoms with Gasteiger partial charge in [-0.1, -0.05) is 41.6 Å². The number of anilines is 2. The number of rotatable bonds is 7. The fourth-order valence-corrected chi connectivity index (χ4v) is 4.67. The molecular formula is C27H23ClN2O4S. The lowest BCUT2D eigenvalue weighted by Gasteiger charge is -2.19. The Bertz CT molecular complexity index is 1350. The molecule has 0 spiro atoms. The van der Waals surface area contributed by atoms with E-state index < -0.39 is 17.8 Å². The third-order valence-electron chi connectivity index (χ3n) is 5.53. The minimum atomic E-state index is -0.471. The molecule has 1 N–H and O–H groups in total. The molecule has 4 rings (SSSR count). The average Bonchev–Trinajstić information content (AvgIpc) is 3.06. The van der Waals surface area contributed by atoms with E-state index in [1.165, 1.54) is 16.7 Å². The summed E-state index contributed by atoms with van der Waals surface area (Å²) in [7, 11) is 0. The molecule has 35 heavy (non-hydrogen) atoms. The molecule has 6 nitrogen and oxygen atoms in total. The van der Waals surface area contributed by atoms with E-state index in [0.29, 0.717) is 22.0 Å². The molecule has 1 aliphatic heterocycles. The van der Waals surface area contributed by atoms with Crippen LogP contribution in [0.1, 0.15) is 28.4 Å². The standard InChI is InChI=1S/C27H23ClN2O4S/c1-4-34-27(33)18-8-6-9-20(15-18)29-23-24(35-21-13-11-19(28)12-14-21)26(32)30(25(23)31)22-10-5-7-16(2)17(22)3/h5-15,29H,4H2,1-3H3. The van der Waals surface area contributed by atoms with Crippen molar-refractivity contribution >= 4 is 52.5 Å². The van der Waals surface area contributed by atoms with E-state index >= 15 is 0 Å². The molecule has 0 unspecified atom stereocenters. The van der Waals surface area contributed by atoms with E-state index in [-0.39, 0.29) is 17.2 Å². The second kappa shape index (κ2) is 10.4. The van der Waals surface area contributed by atoms with Crippen molar-refractivity contribution in [2.45, 2.75) is 25.7 Å². The fourth-order valence-electron chi connectivity index (χ4n) is 3.61. The van der Waals surface area contributed by atoms with E-state index in [1.54, 1.807) is 61.5 Å². The first-order valence-corrected chi connectivity index (χ1v) is 12.2. The Balaban J connectivity index is 1.75. The van der Waals surface area contributed by atoms with Gasteiger partial charge in [-0.05, 0) is 80.4 Å². The number of aryl methyl sites for hydroxylation is 1. The van der Waals surface area contributed by atoms with Gasteiger partial charge in [-0.15, -0.1) is 0 Å². The zero-order valence-electron chi connectivity index (χ0n) is 19.4. The molecule has 0 fully saturated rings. The van der Waals surface area contributed by atoms with Crippen molar-refractivity contribution in [2.24, 2.45) is 0 Å². The van der Waals surface area contributed by atoms with Gasteiger partial charge in [0.05, 0.1) is 17.9 Å². The SMILES string of the molecule is CCOC(=O)c1cccc(NC2=C(Sc3ccc(Cl)cc3)C(=O)N(c3cccc(C)c3C)C2=O)c1. The quantitative estimate of drug-likeness (QED) is 0.307. The largest absolute Gasteiger partial charge is 0.462 e. The minimum Gasteiger partial charge on any atom is -0.462 e. The Labute approximate surface area is 212 Å². The number of halogens is 1. The Morgan fingerprint density at radius 1 is 1.00 bits per heavy atom. The first-order valence-electron chi connectivity index (χ1n) is 11.0. The van der Waals surface area contributed by atoms with Crippen LogP contribution in [0.3, 0.4) is 0 Å². The van der Waals surface area contributed by atoms with Crippen LogP contribution in [0.2, 0.25) is 5.02 Å². The summed E-state index contributed by atoms with van der Waals surface area (Å²) in [6.45, 7) is 5.79. The fraction of sp³-hybridized carbons (Fsp3) is 0.148. The van der Waals surface area contributed by atoms with Gasteiger partial charge in [0, 0.05) is 15.6 Å². The number of ether oxygens (including phenoxy) is 1. The molecule has 1 aliphatic rings. The number of imide groups is 1. The van der Waals surface area contributed by atoms with Crippen LogP contribution >= 0.6 is 23.4 Å². The van der Waals surface area contributed by atoms with Crippen LogP contribution in [0, 0.1) is 13.8 Å². The Morgan fingerprint density at radius 2 is 1.71 bits per heavy atom. The highest BCUT2D eigenvalue weighted by molar-refractivity contribution is 8.04. The molecule has 3 aromatic rings. The highest BCUT2D eigenvalue weighted by Crippen LogP contribution is 2.39. The van der Waals surface area contributed by atoms with Gasteiger partial charge in [-0.2, -0.15) is 0 Å². The number of esters is 1. The summed E-state index contributed by atoms with van der Waals surface area (Å²) in [5.74, 6) is -1.36. The Kier molecular flexibility index (Phi) is 7.28. The topological polar surface area (TPSA) is 75.7 Å². The zero-order valence-corrected chi connectivity index (χ0v) is 21.0. The van der Waals surface area contributed by atoms with Crippen LogP contribution < -0.4 is 10.2 Å². The van der Waals surface area contributed by atoms with Gasteiger partial charge in [-0.25, -0.2) is 9.69 Å². The smallest absolute Gasteiger partial charge is 0.338 e. The summed E-state index contributed by atoms with van der Waals surface area (Å²) >= 11 is 7.19. The number of carbonyl (C=O) groups excluding carboxylic acids is 3. The maximum atomic E-state index is 13.6. The van der Waals surface area contributed by atoms with Crippen LogP contribution in [0.4, 0.5) is 11.4 Å². The summed E-state index contributed by atoms with van der Waals surface area (Å²) < 4.78 is 5.08. The summed E-state index contributed by atoms with van der Waals surface area (Å²) in [6, 6.07) is 19.2. The number of carbonyl (C=O) groups is 3. The molecule has 0 saturated heterocycles. The summed E-state index contributed by atoms with van der Waals surface area (Å²) in [6.07, 6.45) is 0. The van der Waals surface area contributed by atoms with Gasteiger partial charge in [0.25, 0.3) is 11.8 Å². The predicted octanol–water partition coefficient (Wildman–Crippen LogP) is 6.12. The van der Waals surface area contributed by atoms with E-state index in [1.807, 2.05) is 26.0 Å². The maximum absolute atomic E-state index is 13.6. The second-order valence-electron chi connectivity index (χ2n) is 7.85. The first-order chi connectivity index (χ1) is 16.8. The van der Waals surface area contributed by atoms with Crippen molar-refractivity contribution in [1.82, 2.24) is 0 Å². The van der Waals surface area contributed by atoms with Crippen molar-refractivity contribution in [2.75, 3.05) is 16.8 Å². The van der Waals surface area contributed by atoms with Gasteiger partial charge in [0.2, 0.25) is 0 Å². The van der Waals surface area contributed by atoms with E-state index in [0.717, 1.165) is 16.0 Å². The zero-order chi connectivity index (χ0) is 25.1. The molecule has 0 bridgehead atoms. The normalized spacial score (nSPS) is 13.4. The molecule has 0 radical (unpaired) electrons. The minimum absolute atomic E-state index is 0.136. The van der Waals surface area contributed by atoms with Crippen molar-refractivity contribution < 1.29 is 19.1 Å². The lowest BCUT2D eigenvalue weighted by Crippen LogP contribution is -2.33. The van der Waals surface area contributed by atoms with Crippen molar-refractivity contribution in [3.05, 3.63) is 99.0 Å². The van der Waals surface area contributed by atoms with E-state index in [4.69, 9.17) is 16.3 Å². The highest BCUT2D eigenvalue weighted by Gasteiger charge is 2.41. The molecule has 8 heteroatoms. The van der Waals surface area contributed by atoms with E-state index in [2.05, 4.69) is 5.32 Å². The summed E-state index contributed by atoms with van der Waals surface area (Å²) in [5.41, 5.74) is 3.31. The maximum Gasteiger partial charge on any atom is 0.338 e. The van der Waals surface area contributed by atoms with Gasteiger partial charge in [-0.3, -0.25) is 9.59 Å². The van der Waals surface area contributed by atoms with Gasteiger partial charge < -0.3 is 10.1 Å². The number of amides is 2. The molecule has 0 atom stereocenters. The first kappa shape index (κ1) is 24.6. The number of benzene rings is 3. The molecule has 0 saturated carbocycles. The van der Waals surface area contributed by atoms with Gasteiger partial charge in [0.15, 0.2) is 0 Å². The van der Waals surface area contributed by atoms with Crippen LogP contribution in [0.25, 0.3) is 0 Å².